The summed E-state index contributed by atoms with van der Waals surface area (Å²) < 4.78 is 0. The van der Waals surface area contributed by atoms with Gasteiger partial charge in [0.2, 0.25) is 0 Å². The zero-order chi connectivity index (χ0) is 22.7. The minimum Gasteiger partial charge on any atom is -0.348 e. The number of benzene rings is 2. The molecule has 0 unspecified atom stereocenters. The van der Waals surface area contributed by atoms with Crippen molar-refractivity contribution in [1.82, 2.24) is 10.3 Å². The zero-order valence-corrected chi connectivity index (χ0v) is 19.3. The molecule has 3 aromatic rings. The summed E-state index contributed by atoms with van der Waals surface area (Å²) in [6, 6.07) is 16.8. The van der Waals surface area contributed by atoms with E-state index in [2.05, 4.69) is 15.6 Å². The van der Waals surface area contributed by atoms with Crippen molar-refractivity contribution in [2.45, 2.75) is 32.3 Å². The van der Waals surface area contributed by atoms with Gasteiger partial charge in [-0.15, -0.1) is 11.8 Å². The number of nitrogens with one attached hydrogen (secondary N) is 2. The van der Waals surface area contributed by atoms with E-state index in [1.807, 2.05) is 51.1 Å². The SMILES string of the molecule is Cc1cccc(CNC(=O)c2cccc(NC(=O)N3CCSc4nc(C)cc(C)c43)c2)c1. The second kappa shape index (κ2) is 9.44. The maximum Gasteiger partial charge on any atom is 0.326 e. The molecule has 2 heterocycles. The molecule has 6 nitrogen and oxygen atoms in total. The Labute approximate surface area is 192 Å². The van der Waals surface area contributed by atoms with Crippen molar-refractivity contribution in [3.8, 4) is 0 Å². The highest BCUT2D eigenvalue weighted by Gasteiger charge is 2.26. The number of aryl methyl sites for hydroxylation is 3. The Morgan fingerprint density at radius 2 is 1.88 bits per heavy atom. The number of aromatic nitrogens is 1. The Balaban J connectivity index is 1.45. The van der Waals surface area contributed by atoms with Crippen LogP contribution in [0.1, 0.15) is 32.7 Å². The fourth-order valence-corrected chi connectivity index (χ4v) is 4.89. The highest BCUT2D eigenvalue weighted by molar-refractivity contribution is 7.99. The lowest BCUT2D eigenvalue weighted by atomic mass is 10.1. The molecule has 1 aliphatic rings. The molecule has 0 saturated heterocycles. The first kappa shape index (κ1) is 21.9. The fraction of sp³-hybridized carbons (Fsp3) is 0.240. The molecular formula is C25H26N4O2S. The van der Waals surface area contributed by atoms with Gasteiger partial charge in [-0.2, -0.15) is 0 Å². The van der Waals surface area contributed by atoms with Crippen LogP contribution in [0.25, 0.3) is 0 Å². The quantitative estimate of drug-likeness (QED) is 0.586. The summed E-state index contributed by atoms with van der Waals surface area (Å²) in [5.41, 5.74) is 6.11. The molecule has 164 valence electrons. The molecule has 3 amide bonds. The number of rotatable bonds is 4. The van der Waals surface area contributed by atoms with E-state index < -0.39 is 0 Å². The van der Waals surface area contributed by atoms with E-state index in [1.54, 1.807) is 40.9 Å². The Bertz CT molecular complexity index is 1180. The average molecular weight is 447 g/mol. The van der Waals surface area contributed by atoms with Gasteiger partial charge in [0.1, 0.15) is 5.03 Å². The van der Waals surface area contributed by atoms with Gasteiger partial charge in [0.05, 0.1) is 5.69 Å². The molecule has 0 saturated carbocycles. The highest BCUT2D eigenvalue weighted by Crippen LogP contribution is 2.36. The van der Waals surface area contributed by atoms with Crippen LogP contribution in [0.3, 0.4) is 0 Å². The number of amides is 3. The second-order valence-electron chi connectivity index (χ2n) is 7.92. The van der Waals surface area contributed by atoms with Gasteiger partial charge in [-0.3, -0.25) is 9.69 Å². The van der Waals surface area contributed by atoms with Gasteiger partial charge in [-0.25, -0.2) is 9.78 Å². The van der Waals surface area contributed by atoms with Gasteiger partial charge < -0.3 is 10.6 Å². The van der Waals surface area contributed by atoms with Gasteiger partial charge in [0.25, 0.3) is 5.91 Å². The zero-order valence-electron chi connectivity index (χ0n) is 18.4. The van der Waals surface area contributed by atoms with E-state index in [1.165, 1.54) is 0 Å². The normalized spacial score (nSPS) is 12.8. The summed E-state index contributed by atoms with van der Waals surface area (Å²) in [4.78, 5) is 32.0. The Hall–Kier alpha value is -3.32. The first-order valence-electron chi connectivity index (χ1n) is 10.5. The molecule has 0 spiro atoms. The van der Waals surface area contributed by atoms with Gasteiger partial charge >= 0.3 is 6.03 Å². The molecule has 0 aliphatic carbocycles. The fourth-order valence-electron chi connectivity index (χ4n) is 3.81. The third-order valence-electron chi connectivity index (χ3n) is 5.26. The van der Waals surface area contributed by atoms with Crippen molar-refractivity contribution in [1.29, 1.82) is 0 Å². The standard InChI is InChI=1S/C25H26N4O2S/c1-16-6-4-7-19(12-16)15-26-23(30)20-8-5-9-21(14-20)28-25(31)29-10-11-32-24-22(29)17(2)13-18(3)27-24/h4-9,12-14H,10-11,15H2,1-3H3,(H,26,30)(H,28,31). The van der Waals surface area contributed by atoms with Crippen LogP contribution >= 0.6 is 11.8 Å². The van der Waals surface area contributed by atoms with E-state index in [4.69, 9.17) is 0 Å². The summed E-state index contributed by atoms with van der Waals surface area (Å²) >= 11 is 1.67. The number of urea groups is 1. The van der Waals surface area contributed by atoms with Crippen LogP contribution in [-0.2, 0) is 6.54 Å². The molecule has 0 fully saturated rings. The summed E-state index contributed by atoms with van der Waals surface area (Å²) in [6.45, 7) is 7.04. The summed E-state index contributed by atoms with van der Waals surface area (Å²) in [7, 11) is 0. The van der Waals surface area contributed by atoms with Crippen LogP contribution in [0.15, 0.2) is 59.6 Å². The first-order chi connectivity index (χ1) is 15.4. The summed E-state index contributed by atoms with van der Waals surface area (Å²) in [5, 5.41) is 6.76. The maximum absolute atomic E-state index is 13.1. The van der Waals surface area contributed by atoms with Crippen LogP contribution < -0.4 is 15.5 Å². The average Bonchev–Trinajstić information content (AvgIpc) is 2.77. The lowest BCUT2D eigenvalue weighted by Gasteiger charge is -2.30. The predicted octanol–water partition coefficient (Wildman–Crippen LogP) is 5.08. The summed E-state index contributed by atoms with van der Waals surface area (Å²) in [5.74, 6) is 0.607. The predicted molar refractivity (Wildman–Crippen MR) is 130 cm³/mol. The number of anilines is 2. The van der Waals surface area contributed by atoms with Gasteiger partial charge in [-0.05, 0) is 56.2 Å². The minimum atomic E-state index is -0.224. The van der Waals surface area contributed by atoms with E-state index in [9.17, 15) is 9.59 Å². The van der Waals surface area contributed by atoms with Crippen molar-refractivity contribution in [2.24, 2.45) is 0 Å². The van der Waals surface area contributed by atoms with Gasteiger partial charge in [0, 0.05) is 35.8 Å². The number of nitrogens with zero attached hydrogens (tertiary/aromatic N) is 2. The van der Waals surface area contributed by atoms with E-state index in [0.29, 0.717) is 24.3 Å². The number of hydrogen-bond acceptors (Lipinski definition) is 4. The van der Waals surface area contributed by atoms with Gasteiger partial charge in [0.15, 0.2) is 0 Å². The molecule has 1 aromatic heterocycles. The molecule has 0 radical (unpaired) electrons. The van der Waals surface area contributed by atoms with Crippen molar-refractivity contribution in [3.05, 3.63) is 82.5 Å². The molecule has 2 aromatic carbocycles. The number of thioether (sulfide) groups is 1. The molecule has 1 aliphatic heterocycles. The molecule has 4 rings (SSSR count). The van der Waals surface area contributed by atoms with Crippen molar-refractivity contribution >= 4 is 35.1 Å². The molecule has 0 bridgehead atoms. The van der Waals surface area contributed by atoms with Crippen molar-refractivity contribution < 1.29 is 9.59 Å². The summed E-state index contributed by atoms with van der Waals surface area (Å²) in [6.07, 6.45) is 0. The smallest absolute Gasteiger partial charge is 0.326 e. The van der Waals surface area contributed by atoms with Crippen LogP contribution in [0.4, 0.5) is 16.2 Å². The molecule has 32 heavy (non-hydrogen) atoms. The van der Waals surface area contributed by atoms with E-state index >= 15 is 0 Å². The highest BCUT2D eigenvalue weighted by atomic mass is 32.2. The third kappa shape index (κ3) is 4.94. The number of carbonyl (C=O) groups excluding carboxylic acids is 2. The van der Waals surface area contributed by atoms with Crippen LogP contribution in [0.2, 0.25) is 0 Å². The van der Waals surface area contributed by atoms with Crippen LogP contribution in [-0.4, -0.2) is 29.2 Å². The van der Waals surface area contributed by atoms with E-state index in [-0.39, 0.29) is 11.9 Å². The van der Waals surface area contributed by atoms with Crippen molar-refractivity contribution in [2.75, 3.05) is 22.5 Å². The Kier molecular flexibility index (Phi) is 6.46. The van der Waals surface area contributed by atoms with Crippen LogP contribution in [0, 0.1) is 20.8 Å². The van der Waals surface area contributed by atoms with Crippen LogP contribution in [0.5, 0.6) is 0 Å². The number of fused-ring (bicyclic) bond motifs is 1. The molecule has 2 N–H and O–H groups in total. The van der Waals surface area contributed by atoms with Gasteiger partial charge in [-0.1, -0.05) is 35.9 Å². The second-order valence-corrected chi connectivity index (χ2v) is 9.00. The number of pyridine rings is 1. The largest absolute Gasteiger partial charge is 0.348 e. The number of hydrogen-bond donors (Lipinski definition) is 2. The van der Waals surface area contributed by atoms with Crippen molar-refractivity contribution in [3.63, 3.8) is 0 Å². The van der Waals surface area contributed by atoms with E-state index in [0.717, 1.165) is 38.9 Å². The third-order valence-corrected chi connectivity index (χ3v) is 6.20. The molecular weight excluding hydrogens is 420 g/mol. The molecule has 0 atom stereocenters. The number of carbonyl (C=O) groups is 2. The topological polar surface area (TPSA) is 74.3 Å². The minimum absolute atomic E-state index is 0.183. The maximum atomic E-state index is 13.1. The lowest BCUT2D eigenvalue weighted by Crippen LogP contribution is -2.39. The Morgan fingerprint density at radius 3 is 2.69 bits per heavy atom. The monoisotopic (exact) mass is 446 g/mol. The lowest BCUT2D eigenvalue weighted by molar-refractivity contribution is 0.0951. The molecule has 7 heteroatoms. The Morgan fingerprint density at radius 1 is 1.06 bits per heavy atom. The first-order valence-corrected chi connectivity index (χ1v) is 11.5.